The van der Waals surface area contributed by atoms with Crippen molar-refractivity contribution in [2.24, 2.45) is 0 Å². The number of hydrogen-bond donors (Lipinski definition) is 1. The molecule has 1 saturated heterocycles. The molecule has 272 valence electrons. The smallest absolute Gasteiger partial charge is 0.335 e. The van der Waals surface area contributed by atoms with Crippen molar-refractivity contribution in [3.8, 4) is 11.5 Å². The van der Waals surface area contributed by atoms with Crippen molar-refractivity contribution in [3.05, 3.63) is 159 Å². The van der Waals surface area contributed by atoms with Crippen LogP contribution < -0.4 is 24.6 Å². The third kappa shape index (κ3) is 6.64. The second-order valence-corrected chi connectivity index (χ2v) is 14.3. The van der Waals surface area contributed by atoms with Gasteiger partial charge in [0.15, 0.2) is 11.5 Å². The Hall–Kier alpha value is -6.15. The number of nitrogens with one attached hydrogen (secondary N) is 1. The SMILES string of the molecule is CCOc1cc(/C=C2\C(=O)NC(=O)N(c3cc4c5c(c3)[C@H](c3ccccc3)CCN5CC[C@H]4c3ccccc3)C2=O)ccc1OCc1ccc(C)c(C)c1. The van der Waals surface area contributed by atoms with E-state index in [4.69, 9.17) is 9.47 Å². The maximum Gasteiger partial charge on any atom is 0.335 e. The van der Waals surface area contributed by atoms with Gasteiger partial charge in [0.05, 0.1) is 12.3 Å². The van der Waals surface area contributed by atoms with Gasteiger partial charge in [-0.2, -0.15) is 0 Å². The third-order valence-corrected chi connectivity index (χ3v) is 10.9. The lowest BCUT2D eigenvalue weighted by Gasteiger charge is -2.44. The molecule has 0 radical (unpaired) electrons. The first kappa shape index (κ1) is 34.9. The number of carbonyl (C=O) groups excluding carboxylic acids is 3. The van der Waals surface area contributed by atoms with Crippen LogP contribution in [0.4, 0.5) is 16.2 Å². The molecule has 3 aliphatic rings. The fourth-order valence-electron chi connectivity index (χ4n) is 8.08. The topological polar surface area (TPSA) is 88.2 Å². The summed E-state index contributed by atoms with van der Waals surface area (Å²) in [5, 5.41) is 2.45. The number of hydrogen-bond acceptors (Lipinski definition) is 6. The highest BCUT2D eigenvalue weighted by molar-refractivity contribution is 6.39. The van der Waals surface area contributed by atoms with E-state index < -0.39 is 17.8 Å². The van der Waals surface area contributed by atoms with Gasteiger partial charge in [-0.15, -0.1) is 0 Å². The molecule has 3 heterocycles. The standard InChI is InChI=1S/C46H43N3O5/c1-4-53-42-25-31(17-18-41(42)54-28-32-16-15-29(2)30(3)23-32)24-40-44(50)47-46(52)49(45(40)51)35-26-38-36(33-11-7-5-8-12-33)19-21-48-22-20-37(39(27-35)43(38)48)34-13-9-6-10-14-34/h5-18,23-27,36-37H,4,19-22,28H2,1-3H3,(H,47,50,52)/b40-24+/t36-,37-/m0/s1. The van der Waals surface area contributed by atoms with Gasteiger partial charge in [0.25, 0.3) is 11.8 Å². The molecule has 0 spiro atoms. The first-order valence-corrected chi connectivity index (χ1v) is 18.7. The summed E-state index contributed by atoms with van der Waals surface area (Å²) >= 11 is 0. The van der Waals surface area contributed by atoms with Crippen molar-refractivity contribution in [1.29, 1.82) is 0 Å². The van der Waals surface area contributed by atoms with Crippen molar-refractivity contribution in [2.75, 3.05) is 29.5 Å². The summed E-state index contributed by atoms with van der Waals surface area (Å²) in [7, 11) is 0. The van der Waals surface area contributed by atoms with Crippen LogP contribution in [0.1, 0.15) is 76.1 Å². The quantitative estimate of drug-likeness (QED) is 0.121. The van der Waals surface area contributed by atoms with Crippen LogP contribution in [0.15, 0.2) is 115 Å². The van der Waals surface area contributed by atoms with Gasteiger partial charge in [-0.3, -0.25) is 14.9 Å². The minimum Gasteiger partial charge on any atom is -0.490 e. The van der Waals surface area contributed by atoms with Crippen LogP contribution in [-0.4, -0.2) is 37.5 Å². The maximum atomic E-state index is 14.4. The number of rotatable bonds is 9. The van der Waals surface area contributed by atoms with E-state index >= 15 is 0 Å². The molecular weight excluding hydrogens is 675 g/mol. The Kier molecular flexibility index (Phi) is 9.50. The number of barbiturate groups is 1. The average Bonchev–Trinajstić information content (AvgIpc) is 3.18. The molecule has 54 heavy (non-hydrogen) atoms. The molecule has 0 aliphatic carbocycles. The van der Waals surface area contributed by atoms with E-state index in [-0.39, 0.29) is 17.4 Å². The molecule has 0 unspecified atom stereocenters. The Morgan fingerprint density at radius 3 is 1.98 bits per heavy atom. The lowest BCUT2D eigenvalue weighted by atomic mass is 9.76. The minimum atomic E-state index is -0.768. The van der Waals surface area contributed by atoms with Gasteiger partial charge in [0, 0.05) is 30.6 Å². The molecule has 0 aromatic heterocycles. The number of carbonyl (C=O) groups is 3. The van der Waals surface area contributed by atoms with E-state index in [0.29, 0.717) is 36.0 Å². The normalized spacial score (nSPS) is 18.7. The molecule has 1 fully saturated rings. The Morgan fingerprint density at radius 2 is 1.37 bits per heavy atom. The number of benzene rings is 5. The minimum absolute atomic E-state index is 0.0815. The Bertz CT molecular complexity index is 2210. The van der Waals surface area contributed by atoms with Gasteiger partial charge in [0.1, 0.15) is 12.2 Å². The van der Waals surface area contributed by atoms with Crippen LogP contribution in [0.5, 0.6) is 11.5 Å². The number of aryl methyl sites for hydroxylation is 2. The predicted molar refractivity (Wildman–Crippen MR) is 211 cm³/mol. The summed E-state index contributed by atoms with van der Waals surface area (Å²) in [6.45, 7) is 8.63. The number of urea groups is 1. The van der Waals surface area contributed by atoms with E-state index in [0.717, 1.165) is 47.5 Å². The molecule has 5 aromatic rings. The zero-order chi connectivity index (χ0) is 37.3. The highest BCUT2D eigenvalue weighted by Crippen LogP contribution is 2.50. The molecular formula is C46H43N3O5. The predicted octanol–water partition coefficient (Wildman–Crippen LogP) is 8.83. The summed E-state index contributed by atoms with van der Waals surface area (Å²) in [4.78, 5) is 45.0. The second-order valence-electron chi connectivity index (χ2n) is 14.3. The summed E-state index contributed by atoms with van der Waals surface area (Å²) in [5.41, 5.74) is 10.0. The average molecular weight is 718 g/mol. The zero-order valence-corrected chi connectivity index (χ0v) is 30.8. The van der Waals surface area contributed by atoms with Crippen LogP contribution in [-0.2, 0) is 16.2 Å². The fourth-order valence-corrected chi connectivity index (χ4v) is 8.08. The van der Waals surface area contributed by atoms with Crippen LogP contribution in [0.2, 0.25) is 0 Å². The molecule has 4 amide bonds. The van der Waals surface area contributed by atoms with E-state index in [9.17, 15) is 14.4 Å². The Balaban J connectivity index is 1.17. The molecule has 0 bridgehead atoms. The number of amides is 4. The number of nitrogens with zero attached hydrogens (tertiary/aromatic N) is 2. The van der Waals surface area contributed by atoms with E-state index in [1.165, 1.54) is 34.0 Å². The monoisotopic (exact) mass is 717 g/mol. The molecule has 8 nitrogen and oxygen atoms in total. The highest BCUT2D eigenvalue weighted by Gasteiger charge is 2.40. The van der Waals surface area contributed by atoms with E-state index in [1.54, 1.807) is 18.2 Å². The van der Waals surface area contributed by atoms with Gasteiger partial charge >= 0.3 is 6.03 Å². The van der Waals surface area contributed by atoms with Crippen molar-refractivity contribution in [2.45, 2.75) is 52.1 Å². The first-order valence-electron chi connectivity index (χ1n) is 18.7. The molecule has 2 atom stereocenters. The van der Waals surface area contributed by atoms with E-state index in [2.05, 4.69) is 84.7 Å². The Labute approximate surface area is 316 Å². The number of anilines is 2. The van der Waals surface area contributed by atoms with Gasteiger partial charge in [-0.25, -0.2) is 9.69 Å². The maximum absolute atomic E-state index is 14.4. The van der Waals surface area contributed by atoms with Crippen LogP contribution in [0.25, 0.3) is 6.08 Å². The van der Waals surface area contributed by atoms with Gasteiger partial charge in [0.2, 0.25) is 0 Å². The molecule has 3 aliphatic heterocycles. The van der Waals surface area contributed by atoms with Gasteiger partial charge in [-0.05, 0) is 108 Å². The molecule has 8 rings (SSSR count). The lowest BCUT2D eigenvalue weighted by Crippen LogP contribution is -2.54. The molecule has 5 aromatic carbocycles. The number of imide groups is 2. The zero-order valence-electron chi connectivity index (χ0n) is 30.8. The van der Waals surface area contributed by atoms with Crippen LogP contribution >= 0.6 is 0 Å². The van der Waals surface area contributed by atoms with Crippen molar-refractivity contribution in [3.63, 3.8) is 0 Å². The highest BCUT2D eigenvalue weighted by atomic mass is 16.5. The molecule has 0 saturated carbocycles. The summed E-state index contributed by atoms with van der Waals surface area (Å²) in [5.74, 6) is -0.226. The van der Waals surface area contributed by atoms with E-state index in [1.807, 2.05) is 37.3 Å². The van der Waals surface area contributed by atoms with Crippen LogP contribution in [0, 0.1) is 13.8 Å². The van der Waals surface area contributed by atoms with Gasteiger partial charge in [-0.1, -0.05) is 84.9 Å². The second kappa shape index (κ2) is 14.7. The van der Waals surface area contributed by atoms with Crippen molar-refractivity contribution < 1.29 is 23.9 Å². The lowest BCUT2D eigenvalue weighted by molar-refractivity contribution is -0.122. The largest absolute Gasteiger partial charge is 0.490 e. The Morgan fingerprint density at radius 1 is 0.722 bits per heavy atom. The molecule has 8 heteroatoms. The van der Waals surface area contributed by atoms with Crippen LogP contribution in [0.3, 0.4) is 0 Å². The van der Waals surface area contributed by atoms with Gasteiger partial charge < -0.3 is 14.4 Å². The van der Waals surface area contributed by atoms with Crippen molar-refractivity contribution >= 4 is 35.3 Å². The fraction of sp³-hybridized carbons (Fsp3) is 0.239. The van der Waals surface area contributed by atoms with Crippen molar-refractivity contribution in [1.82, 2.24) is 5.32 Å². The number of ether oxygens (including phenoxy) is 2. The summed E-state index contributed by atoms with van der Waals surface area (Å²) < 4.78 is 12.1. The summed E-state index contributed by atoms with van der Waals surface area (Å²) in [6, 6.07) is 35.5. The molecule has 1 N–H and O–H groups in total. The summed E-state index contributed by atoms with van der Waals surface area (Å²) in [6.07, 6.45) is 3.33. The first-order chi connectivity index (χ1) is 26.3. The third-order valence-electron chi connectivity index (χ3n) is 10.9.